The van der Waals surface area contributed by atoms with Crippen LogP contribution < -0.4 is 0 Å². The van der Waals surface area contributed by atoms with Crippen molar-refractivity contribution in [3.05, 3.63) is 126 Å². The molecular weight excluding hydrogens is 450 g/mol. The van der Waals surface area contributed by atoms with Crippen LogP contribution in [0.4, 0.5) is 0 Å². The van der Waals surface area contributed by atoms with Crippen LogP contribution in [0.2, 0.25) is 0 Å². The zero-order valence-corrected chi connectivity index (χ0v) is 20.8. The number of para-hydroxylation sites is 2. The predicted molar refractivity (Wildman–Crippen MR) is 155 cm³/mol. The van der Waals surface area contributed by atoms with Gasteiger partial charge < -0.3 is 4.42 Å². The molecule has 1 heterocycles. The largest absolute Gasteiger partial charge is 0.436 e. The lowest BCUT2D eigenvalue weighted by atomic mass is 9.84. The summed E-state index contributed by atoms with van der Waals surface area (Å²) >= 11 is 0. The van der Waals surface area contributed by atoms with Gasteiger partial charge >= 0.3 is 0 Å². The van der Waals surface area contributed by atoms with Gasteiger partial charge in [0, 0.05) is 5.56 Å². The normalized spacial score (nSPS) is 11.5. The summed E-state index contributed by atoms with van der Waals surface area (Å²) in [5.41, 5.74) is 10.2. The number of oxazole rings is 1. The van der Waals surface area contributed by atoms with E-state index in [1.54, 1.807) is 0 Å². The van der Waals surface area contributed by atoms with Gasteiger partial charge in [-0.1, -0.05) is 91.0 Å². The predicted octanol–water partition coefficient (Wildman–Crippen LogP) is 9.75. The van der Waals surface area contributed by atoms with Gasteiger partial charge in [-0.25, -0.2) is 4.98 Å². The molecule has 0 atom stereocenters. The van der Waals surface area contributed by atoms with Gasteiger partial charge in [-0.05, 0) is 93.0 Å². The molecule has 2 nitrogen and oxygen atoms in total. The molecule has 0 bridgehead atoms. The number of fused-ring (bicyclic) bond motifs is 3. The summed E-state index contributed by atoms with van der Waals surface area (Å²) in [7, 11) is 0. The van der Waals surface area contributed by atoms with Crippen molar-refractivity contribution in [3.8, 4) is 33.7 Å². The van der Waals surface area contributed by atoms with E-state index in [4.69, 9.17) is 4.42 Å². The van der Waals surface area contributed by atoms with E-state index in [9.17, 15) is 0 Å². The summed E-state index contributed by atoms with van der Waals surface area (Å²) < 4.78 is 6.02. The van der Waals surface area contributed by atoms with Crippen molar-refractivity contribution < 1.29 is 4.42 Å². The Morgan fingerprint density at radius 2 is 1.00 bits per heavy atom. The Bertz CT molecular complexity index is 1900. The minimum absolute atomic E-state index is 0.647. The maximum absolute atomic E-state index is 6.02. The fourth-order valence-corrected chi connectivity index (χ4v) is 5.44. The van der Waals surface area contributed by atoms with Gasteiger partial charge in [0.05, 0.1) is 0 Å². The first kappa shape index (κ1) is 21.6. The molecule has 7 aromatic rings. The molecule has 6 aromatic carbocycles. The van der Waals surface area contributed by atoms with E-state index in [1.807, 2.05) is 24.3 Å². The molecule has 0 amide bonds. The first-order valence-corrected chi connectivity index (χ1v) is 12.6. The number of hydrogen-bond donors (Lipinski definition) is 0. The van der Waals surface area contributed by atoms with Crippen LogP contribution in [0.5, 0.6) is 0 Å². The van der Waals surface area contributed by atoms with Crippen molar-refractivity contribution in [2.75, 3.05) is 0 Å². The van der Waals surface area contributed by atoms with E-state index in [0.717, 1.165) is 16.7 Å². The highest BCUT2D eigenvalue weighted by atomic mass is 16.3. The van der Waals surface area contributed by atoms with Crippen LogP contribution in [0, 0.1) is 13.8 Å². The highest BCUT2D eigenvalue weighted by Gasteiger charge is 2.18. The molecule has 0 aliphatic heterocycles. The minimum atomic E-state index is 0.647. The fraction of sp³-hybridized carbons (Fsp3) is 0.0571. The Morgan fingerprint density at radius 3 is 1.62 bits per heavy atom. The lowest BCUT2D eigenvalue weighted by Gasteiger charge is -2.19. The van der Waals surface area contributed by atoms with Crippen molar-refractivity contribution in [1.29, 1.82) is 0 Å². The molecule has 0 N–H and O–H groups in total. The Balaban J connectivity index is 1.49. The molecule has 0 unspecified atom stereocenters. The Kier molecular flexibility index (Phi) is 4.93. The summed E-state index contributed by atoms with van der Waals surface area (Å²) in [5, 5.41) is 5.08. The van der Waals surface area contributed by atoms with E-state index in [-0.39, 0.29) is 0 Å². The van der Waals surface area contributed by atoms with Crippen LogP contribution in [0.25, 0.3) is 66.4 Å². The third-order valence-electron chi connectivity index (χ3n) is 7.42. The van der Waals surface area contributed by atoms with Crippen LogP contribution in [-0.2, 0) is 0 Å². The van der Waals surface area contributed by atoms with Crippen molar-refractivity contribution >= 4 is 32.6 Å². The average Bonchev–Trinajstić information content (AvgIpc) is 3.38. The topological polar surface area (TPSA) is 26.0 Å². The van der Waals surface area contributed by atoms with E-state index in [1.165, 1.54) is 54.9 Å². The van der Waals surface area contributed by atoms with E-state index in [2.05, 4.69) is 110 Å². The first-order valence-electron chi connectivity index (χ1n) is 12.6. The average molecular weight is 476 g/mol. The summed E-state index contributed by atoms with van der Waals surface area (Å²) in [6, 6.07) is 40.8. The van der Waals surface area contributed by atoms with E-state index in [0.29, 0.717) is 5.89 Å². The van der Waals surface area contributed by atoms with Crippen molar-refractivity contribution in [1.82, 2.24) is 4.98 Å². The SMILES string of the molecule is Cc1cc2c(-c3ccccc3)c3ccccc3c(-c3ccc(-c4nc5ccccc5o4)cc3)c2cc1C. The monoisotopic (exact) mass is 475 g/mol. The number of hydrogen-bond acceptors (Lipinski definition) is 2. The maximum Gasteiger partial charge on any atom is 0.227 e. The van der Waals surface area contributed by atoms with Crippen LogP contribution in [-0.4, -0.2) is 4.98 Å². The molecule has 0 fully saturated rings. The molecule has 0 saturated heterocycles. The molecule has 1 aromatic heterocycles. The zero-order valence-electron chi connectivity index (χ0n) is 20.8. The summed E-state index contributed by atoms with van der Waals surface area (Å²) in [4.78, 5) is 4.69. The summed E-state index contributed by atoms with van der Waals surface area (Å²) in [6.07, 6.45) is 0. The first-order chi connectivity index (χ1) is 18.2. The van der Waals surface area contributed by atoms with Crippen molar-refractivity contribution in [3.63, 3.8) is 0 Å². The second-order valence-corrected chi connectivity index (χ2v) is 9.71. The quantitative estimate of drug-likeness (QED) is 0.238. The van der Waals surface area contributed by atoms with Gasteiger partial charge in [0.15, 0.2) is 5.58 Å². The standard InChI is InChI=1S/C35H25NO/c1-22-20-29-30(21-23(22)2)34(28-13-7-6-12-27(28)33(29)24-10-4-3-5-11-24)25-16-18-26(19-17-25)35-36-31-14-8-9-15-32(31)37-35/h3-21H,1-2H3. The van der Waals surface area contributed by atoms with Gasteiger partial charge in [0.25, 0.3) is 0 Å². The minimum Gasteiger partial charge on any atom is -0.436 e. The lowest BCUT2D eigenvalue weighted by molar-refractivity contribution is 0.620. The molecule has 2 heteroatoms. The molecule has 7 rings (SSSR count). The summed E-state index contributed by atoms with van der Waals surface area (Å²) in [5.74, 6) is 0.647. The van der Waals surface area contributed by atoms with Crippen LogP contribution >= 0.6 is 0 Å². The molecule has 176 valence electrons. The molecule has 0 saturated carbocycles. The van der Waals surface area contributed by atoms with Gasteiger partial charge in [-0.3, -0.25) is 0 Å². The number of aryl methyl sites for hydroxylation is 2. The zero-order chi connectivity index (χ0) is 24.9. The van der Waals surface area contributed by atoms with Crippen LogP contribution in [0.3, 0.4) is 0 Å². The Labute approximate surface area is 215 Å². The Morgan fingerprint density at radius 1 is 0.486 bits per heavy atom. The highest BCUT2D eigenvalue weighted by molar-refractivity contribution is 6.21. The molecule has 0 aliphatic carbocycles. The van der Waals surface area contributed by atoms with Gasteiger partial charge in [0.1, 0.15) is 5.52 Å². The van der Waals surface area contributed by atoms with Crippen molar-refractivity contribution in [2.45, 2.75) is 13.8 Å². The lowest BCUT2D eigenvalue weighted by Crippen LogP contribution is -1.93. The van der Waals surface area contributed by atoms with Gasteiger partial charge in [-0.2, -0.15) is 0 Å². The Hall–Kier alpha value is -4.69. The second kappa shape index (κ2) is 8.46. The van der Waals surface area contributed by atoms with E-state index < -0.39 is 0 Å². The van der Waals surface area contributed by atoms with Crippen LogP contribution in [0.15, 0.2) is 120 Å². The third-order valence-corrected chi connectivity index (χ3v) is 7.42. The number of benzene rings is 6. The number of aromatic nitrogens is 1. The second-order valence-electron chi connectivity index (χ2n) is 9.71. The van der Waals surface area contributed by atoms with Gasteiger partial charge in [-0.15, -0.1) is 0 Å². The molecular formula is C35H25NO. The maximum atomic E-state index is 6.02. The molecule has 37 heavy (non-hydrogen) atoms. The third kappa shape index (κ3) is 3.53. The molecule has 0 aliphatic rings. The summed E-state index contributed by atoms with van der Waals surface area (Å²) in [6.45, 7) is 4.40. The molecule has 0 spiro atoms. The van der Waals surface area contributed by atoms with Crippen LogP contribution in [0.1, 0.15) is 11.1 Å². The highest BCUT2D eigenvalue weighted by Crippen LogP contribution is 2.44. The number of nitrogens with zero attached hydrogens (tertiary/aromatic N) is 1. The fourth-order valence-electron chi connectivity index (χ4n) is 5.44. The van der Waals surface area contributed by atoms with E-state index >= 15 is 0 Å². The molecule has 0 radical (unpaired) electrons. The smallest absolute Gasteiger partial charge is 0.227 e. The van der Waals surface area contributed by atoms with Crippen molar-refractivity contribution in [2.24, 2.45) is 0 Å². The van der Waals surface area contributed by atoms with Gasteiger partial charge in [0.2, 0.25) is 5.89 Å². The number of rotatable bonds is 3.